The van der Waals surface area contributed by atoms with Gasteiger partial charge in [0.05, 0.1) is 0 Å². The Bertz CT molecular complexity index is 327. The Labute approximate surface area is 77.9 Å². The topological polar surface area (TPSA) is 51.6 Å². The molecule has 62 valence electrons. The molecule has 0 spiro atoms. The van der Waals surface area contributed by atoms with Crippen molar-refractivity contribution in [2.45, 2.75) is 0 Å². The number of nitrogens with zero attached hydrogens (tertiary/aromatic N) is 4. The zero-order valence-corrected chi connectivity index (χ0v) is 7.75. The second kappa shape index (κ2) is 3.86. The van der Waals surface area contributed by atoms with Crippen LogP contribution in [0.5, 0.6) is 0 Å². The van der Waals surface area contributed by atoms with Crippen LogP contribution in [0.1, 0.15) is 0 Å². The second-order valence-electron chi connectivity index (χ2n) is 2.27. The normalized spacial score (nSPS) is 9.85. The van der Waals surface area contributed by atoms with Crippen LogP contribution in [0.3, 0.4) is 0 Å². The van der Waals surface area contributed by atoms with Gasteiger partial charge in [-0.25, -0.2) is 19.9 Å². The standard InChI is InChI=1S/C8H6N4Si/c1-3-9-7(10-4-1)13-8-11-5-2-6-12-8/h1-6H. The van der Waals surface area contributed by atoms with E-state index in [-0.39, 0.29) is 0 Å². The maximum atomic E-state index is 4.10. The molecule has 5 heteroatoms. The van der Waals surface area contributed by atoms with Gasteiger partial charge in [0.2, 0.25) is 9.52 Å². The van der Waals surface area contributed by atoms with E-state index in [0.717, 1.165) is 10.9 Å². The molecule has 0 unspecified atom stereocenters. The first-order valence-electron chi connectivity index (χ1n) is 3.76. The van der Waals surface area contributed by atoms with Crippen LogP contribution in [-0.2, 0) is 0 Å². The molecule has 2 aromatic rings. The van der Waals surface area contributed by atoms with Crippen molar-refractivity contribution in [3.63, 3.8) is 0 Å². The second-order valence-corrected chi connectivity index (χ2v) is 3.41. The van der Waals surface area contributed by atoms with Gasteiger partial charge in [0.25, 0.3) is 0 Å². The number of hydrogen-bond acceptors (Lipinski definition) is 4. The van der Waals surface area contributed by atoms with E-state index >= 15 is 0 Å². The number of hydrogen-bond donors (Lipinski definition) is 0. The van der Waals surface area contributed by atoms with Gasteiger partial charge in [-0.3, -0.25) is 0 Å². The molecular formula is C8H6N4Si. The van der Waals surface area contributed by atoms with E-state index in [0.29, 0.717) is 9.52 Å². The molecule has 0 aliphatic heterocycles. The average molecular weight is 186 g/mol. The van der Waals surface area contributed by atoms with E-state index in [1.54, 1.807) is 36.9 Å². The van der Waals surface area contributed by atoms with Gasteiger partial charge < -0.3 is 0 Å². The van der Waals surface area contributed by atoms with Gasteiger partial charge in [0.15, 0.2) is 0 Å². The quantitative estimate of drug-likeness (QED) is 0.560. The summed E-state index contributed by atoms with van der Waals surface area (Å²) in [6, 6.07) is 3.58. The van der Waals surface area contributed by atoms with Crippen LogP contribution in [0.2, 0.25) is 0 Å². The summed E-state index contributed by atoms with van der Waals surface area (Å²) in [4.78, 5) is 16.4. The van der Waals surface area contributed by atoms with Crippen LogP contribution in [0.15, 0.2) is 36.9 Å². The molecule has 0 aliphatic rings. The summed E-state index contributed by atoms with van der Waals surface area (Å²) in [7, 11) is 0.332. The van der Waals surface area contributed by atoms with E-state index in [2.05, 4.69) is 19.9 Å². The van der Waals surface area contributed by atoms with E-state index in [1.807, 2.05) is 0 Å². The zero-order chi connectivity index (χ0) is 8.93. The zero-order valence-electron chi connectivity index (χ0n) is 6.75. The Morgan fingerprint density at radius 2 is 1.08 bits per heavy atom. The molecule has 0 saturated carbocycles. The summed E-state index contributed by atoms with van der Waals surface area (Å²) < 4.78 is 0. The molecule has 2 heterocycles. The predicted molar refractivity (Wildman–Crippen MR) is 49.1 cm³/mol. The molecule has 4 nitrogen and oxygen atoms in total. The third kappa shape index (κ3) is 2.16. The predicted octanol–water partition coefficient (Wildman–Crippen LogP) is -1.08. The molecule has 0 bridgehead atoms. The number of rotatable bonds is 2. The average Bonchev–Trinajstić information content (AvgIpc) is 2.21. The summed E-state index contributed by atoms with van der Waals surface area (Å²) in [5, 5.41) is 0. The highest BCUT2D eigenvalue weighted by molar-refractivity contribution is 6.63. The largest absolute Gasteiger partial charge is 0.247 e. The molecule has 0 atom stereocenters. The first-order valence-corrected chi connectivity index (χ1v) is 4.76. The smallest absolute Gasteiger partial charge is 0.227 e. The third-order valence-electron chi connectivity index (χ3n) is 1.36. The van der Waals surface area contributed by atoms with Crippen LogP contribution < -0.4 is 10.9 Å². The van der Waals surface area contributed by atoms with Crippen molar-refractivity contribution in [2.24, 2.45) is 0 Å². The summed E-state index contributed by atoms with van der Waals surface area (Å²) in [5.41, 5.74) is 1.54. The lowest BCUT2D eigenvalue weighted by atomic mass is 10.7. The minimum Gasteiger partial charge on any atom is -0.247 e. The van der Waals surface area contributed by atoms with E-state index < -0.39 is 0 Å². The fourth-order valence-corrected chi connectivity index (χ4v) is 1.58. The van der Waals surface area contributed by atoms with Gasteiger partial charge in [-0.2, -0.15) is 0 Å². The lowest BCUT2D eigenvalue weighted by molar-refractivity contribution is 1.21. The molecule has 0 aliphatic carbocycles. The van der Waals surface area contributed by atoms with Gasteiger partial charge >= 0.3 is 0 Å². The minimum atomic E-state index is 0.332. The lowest BCUT2D eigenvalue weighted by Crippen LogP contribution is -2.35. The Morgan fingerprint density at radius 3 is 1.46 bits per heavy atom. The monoisotopic (exact) mass is 186 g/mol. The highest BCUT2D eigenvalue weighted by Gasteiger charge is 2.01. The van der Waals surface area contributed by atoms with Crippen molar-refractivity contribution >= 4 is 20.4 Å². The van der Waals surface area contributed by atoms with Crippen LogP contribution in [0, 0.1) is 0 Å². The van der Waals surface area contributed by atoms with Crippen LogP contribution in [0.4, 0.5) is 0 Å². The summed E-state index contributed by atoms with van der Waals surface area (Å²) in [6.45, 7) is 0. The molecule has 0 saturated heterocycles. The maximum absolute atomic E-state index is 4.10. The van der Waals surface area contributed by atoms with Crippen molar-refractivity contribution < 1.29 is 0 Å². The van der Waals surface area contributed by atoms with Gasteiger partial charge in [0, 0.05) is 24.8 Å². The highest BCUT2D eigenvalue weighted by atomic mass is 28.2. The summed E-state index contributed by atoms with van der Waals surface area (Å²) in [5.74, 6) is 0. The van der Waals surface area contributed by atoms with Crippen LogP contribution in [0.25, 0.3) is 0 Å². The Hall–Kier alpha value is -1.62. The van der Waals surface area contributed by atoms with E-state index in [4.69, 9.17) is 0 Å². The van der Waals surface area contributed by atoms with E-state index in [9.17, 15) is 0 Å². The molecule has 2 aromatic heterocycles. The van der Waals surface area contributed by atoms with Crippen molar-refractivity contribution in [1.82, 2.24) is 19.9 Å². The van der Waals surface area contributed by atoms with Gasteiger partial charge in [-0.1, -0.05) is 0 Å². The first kappa shape index (κ1) is 8.00. The fraction of sp³-hybridized carbons (Fsp3) is 0. The Balaban J connectivity index is 2.16. The molecular weight excluding hydrogens is 180 g/mol. The van der Waals surface area contributed by atoms with Gasteiger partial charge in [-0.05, 0) is 12.1 Å². The van der Waals surface area contributed by atoms with Gasteiger partial charge in [-0.15, -0.1) is 0 Å². The molecule has 0 fully saturated rings. The Kier molecular flexibility index (Phi) is 2.37. The van der Waals surface area contributed by atoms with E-state index in [1.165, 1.54) is 0 Å². The molecule has 0 amide bonds. The highest BCUT2D eigenvalue weighted by Crippen LogP contribution is 1.71. The lowest BCUT2D eigenvalue weighted by Gasteiger charge is -1.94. The van der Waals surface area contributed by atoms with Crippen molar-refractivity contribution in [3.8, 4) is 0 Å². The molecule has 13 heavy (non-hydrogen) atoms. The molecule has 0 N–H and O–H groups in total. The molecule has 2 radical (unpaired) electrons. The molecule has 0 aromatic carbocycles. The van der Waals surface area contributed by atoms with Crippen LogP contribution in [-0.4, -0.2) is 29.5 Å². The summed E-state index contributed by atoms with van der Waals surface area (Å²) >= 11 is 0. The van der Waals surface area contributed by atoms with Crippen molar-refractivity contribution in [1.29, 1.82) is 0 Å². The molecule has 2 rings (SSSR count). The van der Waals surface area contributed by atoms with Crippen LogP contribution >= 0.6 is 0 Å². The number of aromatic nitrogens is 4. The fourth-order valence-electron chi connectivity index (χ4n) is 0.827. The maximum Gasteiger partial charge on any atom is 0.227 e. The minimum absolute atomic E-state index is 0.332. The Morgan fingerprint density at radius 1 is 0.692 bits per heavy atom. The van der Waals surface area contributed by atoms with Crippen molar-refractivity contribution in [2.75, 3.05) is 0 Å². The third-order valence-corrected chi connectivity index (χ3v) is 2.32. The van der Waals surface area contributed by atoms with Crippen molar-refractivity contribution in [3.05, 3.63) is 36.9 Å². The van der Waals surface area contributed by atoms with Gasteiger partial charge in [0.1, 0.15) is 10.9 Å². The summed E-state index contributed by atoms with van der Waals surface area (Å²) in [6.07, 6.45) is 6.88. The SMILES string of the molecule is c1cnc([Si]c2ncccn2)nc1. The first-order chi connectivity index (χ1) is 6.45.